The molecule has 0 aliphatic rings. The van der Waals surface area contributed by atoms with E-state index >= 15 is 0 Å². The van der Waals surface area contributed by atoms with Crippen molar-refractivity contribution in [3.05, 3.63) is 132 Å². The summed E-state index contributed by atoms with van der Waals surface area (Å²) in [5, 5.41) is 0. The molecule has 0 N–H and O–H groups in total. The number of hydrogen-bond acceptors (Lipinski definition) is 4. The van der Waals surface area contributed by atoms with Gasteiger partial charge in [-0.2, -0.15) is 0 Å². The summed E-state index contributed by atoms with van der Waals surface area (Å²) < 4.78 is 11.8. The summed E-state index contributed by atoms with van der Waals surface area (Å²) in [5.74, 6) is 1.52. The van der Waals surface area contributed by atoms with E-state index in [4.69, 9.17) is 9.47 Å². The van der Waals surface area contributed by atoms with E-state index in [9.17, 15) is 0 Å². The second-order valence-electron chi connectivity index (χ2n) is 8.24. The fourth-order valence-corrected chi connectivity index (χ4v) is 4.52. The van der Waals surface area contributed by atoms with Gasteiger partial charge in [-0.1, -0.05) is 54.6 Å². The SMILES string of the molecule is COc1ccc(-c2cccnc2)cc1C(c1ccccc1)c1cc(-c2cccnc2)ccc1OC. The molecule has 4 heteroatoms. The van der Waals surface area contributed by atoms with Crippen molar-refractivity contribution in [3.8, 4) is 33.8 Å². The topological polar surface area (TPSA) is 44.2 Å². The normalized spacial score (nSPS) is 10.8. The molecule has 4 nitrogen and oxygen atoms in total. The smallest absolute Gasteiger partial charge is 0.123 e. The molecular weight excluding hydrogens is 432 g/mol. The summed E-state index contributed by atoms with van der Waals surface area (Å²) in [4.78, 5) is 8.62. The monoisotopic (exact) mass is 458 g/mol. The van der Waals surface area contributed by atoms with Gasteiger partial charge in [-0.3, -0.25) is 9.97 Å². The van der Waals surface area contributed by atoms with Gasteiger partial charge in [-0.15, -0.1) is 0 Å². The van der Waals surface area contributed by atoms with E-state index in [0.29, 0.717) is 0 Å². The molecule has 0 bridgehead atoms. The molecule has 0 atom stereocenters. The Hall–Kier alpha value is -4.44. The quantitative estimate of drug-likeness (QED) is 0.246. The average molecular weight is 459 g/mol. The van der Waals surface area contributed by atoms with Gasteiger partial charge >= 0.3 is 0 Å². The van der Waals surface area contributed by atoms with Gasteiger partial charge in [0.2, 0.25) is 0 Å². The second-order valence-corrected chi connectivity index (χ2v) is 8.24. The molecule has 0 fully saturated rings. The van der Waals surface area contributed by atoms with Crippen molar-refractivity contribution in [2.24, 2.45) is 0 Å². The molecule has 0 amide bonds. The highest BCUT2D eigenvalue weighted by Gasteiger charge is 2.25. The number of ether oxygens (including phenoxy) is 2. The number of nitrogens with zero attached hydrogens (tertiary/aromatic N) is 2. The van der Waals surface area contributed by atoms with E-state index < -0.39 is 0 Å². The molecule has 172 valence electrons. The lowest BCUT2D eigenvalue weighted by Crippen LogP contribution is -2.08. The first-order valence-electron chi connectivity index (χ1n) is 11.5. The lowest BCUT2D eigenvalue weighted by atomic mass is 9.82. The van der Waals surface area contributed by atoms with Gasteiger partial charge in [0.1, 0.15) is 11.5 Å². The predicted molar refractivity (Wildman–Crippen MR) is 140 cm³/mol. The largest absolute Gasteiger partial charge is 0.496 e. The Morgan fingerprint density at radius 2 is 1.06 bits per heavy atom. The first-order valence-corrected chi connectivity index (χ1v) is 11.5. The highest BCUT2D eigenvalue weighted by Crippen LogP contribution is 2.43. The van der Waals surface area contributed by atoms with Gasteiger partial charge in [-0.25, -0.2) is 0 Å². The number of rotatable bonds is 7. The van der Waals surface area contributed by atoms with Crippen LogP contribution in [0.1, 0.15) is 22.6 Å². The van der Waals surface area contributed by atoms with Crippen LogP contribution in [0.25, 0.3) is 22.3 Å². The van der Waals surface area contributed by atoms with Crippen LogP contribution in [0.5, 0.6) is 11.5 Å². The Labute approximate surface area is 205 Å². The molecule has 35 heavy (non-hydrogen) atoms. The summed E-state index contributed by atoms with van der Waals surface area (Å²) in [5.41, 5.74) is 7.53. The minimum absolute atomic E-state index is 0.116. The van der Waals surface area contributed by atoms with E-state index in [1.165, 1.54) is 0 Å². The Morgan fingerprint density at radius 3 is 1.49 bits per heavy atom. The zero-order valence-electron chi connectivity index (χ0n) is 19.8. The highest BCUT2D eigenvalue weighted by atomic mass is 16.5. The Kier molecular flexibility index (Phi) is 6.53. The summed E-state index contributed by atoms with van der Waals surface area (Å²) in [6, 6.07) is 31.1. The van der Waals surface area contributed by atoms with Gasteiger partial charge in [0.25, 0.3) is 0 Å². The van der Waals surface area contributed by atoms with Crippen molar-refractivity contribution in [2.75, 3.05) is 14.2 Å². The van der Waals surface area contributed by atoms with E-state index in [0.717, 1.165) is 50.4 Å². The summed E-state index contributed by atoms with van der Waals surface area (Å²) >= 11 is 0. The van der Waals surface area contributed by atoms with Crippen LogP contribution in [0, 0.1) is 0 Å². The number of aromatic nitrogens is 2. The standard InChI is InChI=1S/C31H26N2O2/c1-34-29-14-12-23(25-10-6-16-32-20-25)18-27(29)31(22-8-4-3-5-9-22)28-19-24(13-15-30(28)35-2)26-11-7-17-33-21-26/h3-21,31H,1-2H3. The maximum atomic E-state index is 5.88. The van der Waals surface area contributed by atoms with Crippen LogP contribution in [0.15, 0.2) is 116 Å². The molecule has 0 radical (unpaired) electrons. The fraction of sp³-hybridized carbons (Fsp3) is 0.0968. The first-order chi connectivity index (χ1) is 17.3. The lowest BCUT2D eigenvalue weighted by Gasteiger charge is -2.24. The molecule has 0 spiro atoms. The molecular formula is C31H26N2O2. The molecule has 5 aromatic rings. The molecule has 0 aliphatic carbocycles. The molecule has 2 heterocycles. The van der Waals surface area contributed by atoms with Crippen LogP contribution >= 0.6 is 0 Å². The molecule has 3 aromatic carbocycles. The maximum Gasteiger partial charge on any atom is 0.123 e. The molecule has 2 aromatic heterocycles. The van der Waals surface area contributed by atoms with Crippen LogP contribution < -0.4 is 9.47 Å². The first kappa shape index (κ1) is 22.4. The van der Waals surface area contributed by atoms with Crippen molar-refractivity contribution in [1.29, 1.82) is 0 Å². The zero-order valence-corrected chi connectivity index (χ0v) is 19.8. The zero-order chi connectivity index (χ0) is 24.0. The van der Waals surface area contributed by atoms with E-state index in [-0.39, 0.29) is 5.92 Å². The number of pyridine rings is 2. The van der Waals surface area contributed by atoms with Crippen molar-refractivity contribution in [2.45, 2.75) is 5.92 Å². The van der Waals surface area contributed by atoms with Crippen LogP contribution in [0.3, 0.4) is 0 Å². The molecule has 0 aliphatic heterocycles. The lowest BCUT2D eigenvalue weighted by molar-refractivity contribution is 0.402. The van der Waals surface area contributed by atoms with E-state index in [2.05, 4.69) is 70.6 Å². The third-order valence-corrected chi connectivity index (χ3v) is 6.20. The van der Waals surface area contributed by atoms with Gasteiger partial charge in [0.15, 0.2) is 0 Å². The summed E-state index contributed by atoms with van der Waals surface area (Å²) in [6.45, 7) is 0. The minimum atomic E-state index is -0.116. The average Bonchev–Trinajstić information content (AvgIpc) is 2.94. The maximum absolute atomic E-state index is 5.88. The van der Waals surface area contributed by atoms with Crippen LogP contribution in [0.4, 0.5) is 0 Å². The third-order valence-electron chi connectivity index (χ3n) is 6.20. The Balaban J connectivity index is 1.75. The van der Waals surface area contributed by atoms with Crippen molar-refractivity contribution >= 4 is 0 Å². The third kappa shape index (κ3) is 4.64. The van der Waals surface area contributed by atoms with Crippen LogP contribution in [0.2, 0.25) is 0 Å². The predicted octanol–water partition coefficient (Wildman–Crippen LogP) is 7.01. The molecule has 5 rings (SSSR count). The van der Waals surface area contributed by atoms with Gasteiger partial charge in [0, 0.05) is 53.0 Å². The summed E-state index contributed by atoms with van der Waals surface area (Å²) in [6.07, 6.45) is 7.34. The Bertz CT molecular complexity index is 1310. The minimum Gasteiger partial charge on any atom is -0.496 e. The van der Waals surface area contributed by atoms with Crippen LogP contribution in [-0.4, -0.2) is 24.2 Å². The van der Waals surface area contributed by atoms with Crippen molar-refractivity contribution in [1.82, 2.24) is 9.97 Å². The van der Waals surface area contributed by atoms with Gasteiger partial charge in [-0.05, 0) is 53.1 Å². The summed E-state index contributed by atoms with van der Waals surface area (Å²) in [7, 11) is 3.43. The molecule has 0 unspecified atom stereocenters. The number of benzene rings is 3. The van der Waals surface area contributed by atoms with Crippen molar-refractivity contribution < 1.29 is 9.47 Å². The van der Waals surface area contributed by atoms with Gasteiger partial charge < -0.3 is 9.47 Å². The number of hydrogen-bond donors (Lipinski definition) is 0. The van der Waals surface area contributed by atoms with Crippen molar-refractivity contribution in [3.63, 3.8) is 0 Å². The van der Waals surface area contributed by atoms with Gasteiger partial charge in [0.05, 0.1) is 14.2 Å². The van der Waals surface area contributed by atoms with E-state index in [1.54, 1.807) is 26.6 Å². The molecule has 0 saturated carbocycles. The highest BCUT2D eigenvalue weighted by molar-refractivity contribution is 5.70. The molecule has 0 saturated heterocycles. The van der Waals surface area contributed by atoms with E-state index in [1.807, 2.05) is 42.7 Å². The fourth-order valence-electron chi connectivity index (χ4n) is 4.52. The second kappa shape index (κ2) is 10.2. The Morgan fingerprint density at radius 1 is 0.543 bits per heavy atom. The van der Waals surface area contributed by atoms with Crippen LogP contribution in [-0.2, 0) is 0 Å². The number of methoxy groups -OCH3 is 2.